The second-order valence-electron chi connectivity index (χ2n) is 7.14. The molecule has 0 aliphatic heterocycles. The topological polar surface area (TPSA) is 67.4 Å². The Hall–Kier alpha value is -2.18. The number of amides is 2. The number of ether oxygens (including phenoxy) is 1. The number of thioether (sulfide) groups is 1. The first-order chi connectivity index (χ1) is 14.4. The molecule has 7 heteroatoms. The summed E-state index contributed by atoms with van der Waals surface area (Å²) in [5.41, 5.74) is 1.47. The largest absolute Gasteiger partial charge is 0.491 e. The maximum absolute atomic E-state index is 12.7. The summed E-state index contributed by atoms with van der Waals surface area (Å²) in [5, 5.41) is 6.11. The van der Waals surface area contributed by atoms with E-state index >= 15 is 0 Å². The van der Waals surface area contributed by atoms with E-state index < -0.39 is 6.04 Å². The van der Waals surface area contributed by atoms with E-state index in [1.54, 1.807) is 36.0 Å². The zero-order valence-electron chi connectivity index (χ0n) is 17.6. The van der Waals surface area contributed by atoms with Crippen molar-refractivity contribution < 1.29 is 14.3 Å². The van der Waals surface area contributed by atoms with Crippen LogP contribution in [0, 0.1) is 0 Å². The molecule has 162 valence electrons. The molecule has 1 atom stereocenters. The molecule has 30 heavy (non-hydrogen) atoms. The fourth-order valence-corrected chi connectivity index (χ4v) is 3.54. The molecule has 0 heterocycles. The number of nitrogens with one attached hydrogen (secondary N) is 2. The summed E-state index contributed by atoms with van der Waals surface area (Å²) in [4.78, 5) is 25.2. The van der Waals surface area contributed by atoms with Gasteiger partial charge in [-0.05, 0) is 68.5 Å². The SMILES string of the molecule is CSCCC(NC(=O)c1ccccc1Cl)C(=O)NCCc1ccc(OC(C)C)cc1. The van der Waals surface area contributed by atoms with Crippen molar-refractivity contribution in [3.05, 3.63) is 64.7 Å². The Morgan fingerprint density at radius 3 is 2.43 bits per heavy atom. The van der Waals surface area contributed by atoms with Gasteiger partial charge >= 0.3 is 0 Å². The molecule has 2 rings (SSSR count). The first kappa shape index (κ1) is 24.1. The molecule has 0 saturated carbocycles. The minimum absolute atomic E-state index is 0.134. The first-order valence-electron chi connectivity index (χ1n) is 9.98. The van der Waals surface area contributed by atoms with E-state index in [2.05, 4.69) is 10.6 Å². The average molecular weight is 449 g/mol. The van der Waals surface area contributed by atoms with Crippen LogP contribution in [0.4, 0.5) is 0 Å². The fourth-order valence-electron chi connectivity index (χ4n) is 2.85. The number of benzene rings is 2. The minimum atomic E-state index is -0.608. The van der Waals surface area contributed by atoms with E-state index in [4.69, 9.17) is 16.3 Å². The molecule has 2 aromatic carbocycles. The lowest BCUT2D eigenvalue weighted by molar-refractivity contribution is -0.122. The van der Waals surface area contributed by atoms with Gasteiger partial charge in [0.2, 0.25) is 5.91 Å². The van der Waals surface area contributed by atoms with Crippen LogP contribution in [-0.2, 0) is 11.2 Å². The molecular formula is C23H29ClN2O3S. The predicted molar refractivity (Wildman–Crippen MR) is 125 cm³/mol. The Morgan fingerprint density at radius 1 is 1.10 bits per heavy atom. The van der Waals surface area contributed by atoms with Crippen LogP contribution in [0.2, 0.25) is 5.02 Å². The molecule has 0 fully saturated rings. The molecule has 0 spiro atoms. The van der Waals surface area contributed by atoms with Gasteiger partial charge in [0.15, 0.2) is 0 Å². The lowest BCUT2D eigenvalue weighted by Crippen LogP contribution is -2.47. The number of hydrogen-bond acceptors (Lipinski definition) is 4. The molecule has 0 aromatic heterocycles. The molecule has 5 nitrogen and oxygen atoms in total. The van der Waals surface area contributed by atoms with Gasteiger partial charge in [-0.1, -0.05) is 35.9 Å². The van der Waals surface area contributed by atoms with Crippen molar-refractivity contribution in [1.82, 2.24) is 10.6 Å². The van der Waals surface area contributed by atoms with E-state index in [9.17, 15) is 9.59 Å². The summed E-state index contributed by atoms with van der Waals surface area (Å²) in [7, 11) is 0. The van der Waals surface area contributed by atoms with Crippen LogP contribution in [0.1, 0.15) is 36.2 Å². The number of carbonyl (C=O) groups excluding carboxylic acids is 2. The lowest BCUT2D eigenvalue weighted by Gasteiger charge is -2.18. The van der Waals surface area contributed by atoms with Crippen molar-refractivity contribution in [2.75, 3.05) is 18.6 Å². The zero-order chi connectivity index (χ0) is 21.9. The smallest absolute Gasteiger partial charge is 0.253 e. The van der Waals surface area contributed by atoms with Crippen molar-refractivity contribution in [1.29, 1.82) is 0 Å². The summed E-state index contributed by atoms with van der Waals surface area (Å²) in [6.45, 7) is 4.46. The number of halogens is 1. The molecular weight excluding hydrogens is 420 g/mol. The summed E-state index contributed by atoms with van der Waals surface area (Å²) in [5.74, 6) is 1.06. The van der Waals surface area contributed by atoms with Crippen molar-refractivity contribution in [2.24, 2.45) is 0 Å². The molecule has 2 amide bonds. The van der Waals surface area contributed by atoms with E-state index in [-0.39, 0.29) is 17.9 Å². The summed E-state index contributed by atoms with van der Waals surface area (Å²) >= 11 is 7.73. The molecule has 0 saturated heterocycles. The van der Waals surface area contributed by atoms with Crippen molar-refractivity contribution in [3.63, 3.8) is 0 Å². The summed E-state index contributed by atoms with van der Waals surface area (Å²) < 4.78 is 5.64. The van der Waals surface area contributed by atoms with Crippen molar-refractivity contribution >= 4 is 35.2 Å². The Kier molecular flexibility index (Phi) is 10.0. The fraction of sp³-hybridized carbons (Fsp3) is 0.391. The van der Waals surface area contributed by atoms with Gasteiger partial charge in [-0.2, -0.15) is 11.8 Å². The monoisotopic (exact) mass is 448 g/mol. The Balaban J connectivity index is 1.90. The van der Waals surface area contributed by atoms with Gasteiger partial charge in [-0.3, -0.25) is 9.59 Å². The quantitative estimate of drug-likeness (QED) is 0.536. The predicted octanol–water partition coefficient (Wildman–Crippen LogP) is 4.34. The highest BCUT2D eigenvalue weighted by atomic mass is 35.5. The van der Waals surface area contributed by atoms with Crippen LogP contribution >= 0.6 is 23.4 Å². The number of carbonyl (C=O) groups is 2. The highest BCUT2D eigenvalue weighted by molar-refractivity contribution is 7.98. The molecule has 0 aliphatic carbocycles. The van der Waals surface area contributed by atoms with Crippen LogP contribution in [0.3, 0.4) is 0 Å². The maximum Gasteiger partial charge on any atom is 0.253 e. The molecule has 0 aliphatic rings. The maximum atomic E-state index is 12.7. The first-order valence-corrected chi connectivity index (χ1v) is 11.8. The van der Waals surface area contributed by atoms with E-state index in [0.29, 0.717) is 30.0 Å². The van der Waals surface area contributed by atoms with Crippen molar-refractivity contribution in [3.8, 4) is 5.75 Å². The Morgan fingerprint density at radius 2 is 1.80 bits per heavy atom. The summed E-state index contributed by atoms with van der Waals surface area (Å²) in [6.07, 6.45) is 3.35. The highest BCUT2D eigenvalue weighted by Crippen LogP contribution is 2.16. The van der Waals surface area contributed by atoms with Gasteiger partial charge in [0.25, 0.3) is 5.91 Å². The molecule has 2 aromatic rings. The molecule has 0 bridgehead atoms. The van der Waals surface area contributed by atoms with Gasteiger partial charge < -0.3 is 15.4 Å². The highest BCUT2D eigenvalue weighted by Gasteiger charge is 2.21. The van der Waals surface area contributed by atoms with Crippen LogP contribution in [0.5, 0.6) is 5.75 Å². The van der Waals surface area contributed by atoms with Gasteiger partial charge in [-0.15, -0.1) is 0 Å². The third-order valence-corrected chi connectivity index (χ3v) is 5.33. The van der Waals surface area contributed by atoms with Gasteiger partial charge in [-0.25, -0.2) is 0 Å². The summed E-state index contributed by atoms with van der Waals surface area (Å²) in [6, 6.07) is 14.1. The van der Waals surface area contributed by atoms with E-state index in [0.717, 1.165) is 17.1 Å². The zero-order valence-corrected chi connectivity index (χ0v) is 19.2. The molecule has 1 unspecified atom stereocenters. The standard InChI is InChI=1S/C23H29ClN2O3S/c1-16(2)29-18-10-8-17(9-11-18)12-14-25-23(28)21(13-15-30-3)26-22(27)19-6-4-5-7-20(19)24/h4-11,16,21H,12-15H2,1-3H3,(H,25,28)(H,26,27). The van der Waals surface area contributed by atoms with Crippen LogP contribution in [-0.4, -0.2) is 42.5 Å². The Labute approximate surface area is 187 Å². The second-order valence-corrected chi connectivity index (χ2v) is 8.53. The number of rotatable bonds is 11. The average Bonchev–Trinajstić information content (AvgIpc) is 2.72. The van der Waals surface area contributed by atoms with Crippen LogP contribution < -0.4 is 15.4 Å². The van der Waals surface area contributed by atoms with Crippen LogP contribution in [0.15, 0.2) is 48.5 Å². The van der Waals surface area contributed by atoms with Crippen LogP contribution in [0.25, 0.3) is 0 Å². The van der Waals surface area contributed by atoms with Gasteiger partial charge in [0.1, 0.15) is 11.8 Å². The Bertz CT molecular complexity index is 827. The van der Waals surface area contributed by atoms with Crippen molar-refractivity contribution in [2.45, 2.75) is 38.8 Å². The molecule has 0 radical (unpaired) electrons. The second kappa shape index (κ2) is 12.5. The lowest BCUT2D eigenvalue weighted by atomic mass is 10.1. The third-order valence-electron chi connectivity index (χ3n) is 4.36. The van der Waals surface area contributed by atoms with E-state index in [1.807, 2.05) is 44.4 Å². The van der Waals surface area contributed by atoms with E-state index in [1.165, 1.54) is 0 Å². The van der Waals surface area contributed by atoms with Gasteiger partial charge in [0.05, 0.1) is 16.7 Å². The van der Waals surface area contributed by atoms with Gasteiger partial charge in [0, 0.05) is 6.54 Å². The minimum Gasteiger partial charge on any atom is -0.491 e. The molecule has 2 N–H and O–H groups in total. The third kappa shape index (κ3) is 7.92. The number of hydrogen-bond donors (Lipinski definition) is 2. The normalized spacial score (nSPS) is 11.8.